The van der Waals surface area contributed by atoms with Crippen LogP contribution in [0, 0.1) is 0 Å². The van der Waals surface area contributed by atoms with Crippen molar-refractivity contribution >= 4 is 16.5 Å². The monoisotopic (exact) mass is 296 g/mol. The molecular formula is C18H24N4. The molecule has 0 aliphatic carbocycles. The summed E-state index contributed by atoms with van der Waals surface area (Å²) in [7, 11) is 0. The van der Waals surface area contributed by atoms with Crippen LogP contribution in [0.4, 0.5) is 5.69 Å². The average molecular weight is 296 g/mol. The second-order valence-electron chi connectivity index (χ2n) is 6.48. The van der Waals surface area contributed by atoms with Gasteiger partial charge in [-0.3, -0.25) is 4.98 Å². The van der Waals surface area contributed by atoms with E-state index in [1.54, 1.807) is 0 Å². The van der Waals surface area contributed by atoms with Gasteiger partial charge in [0, 0.05) is 67.6 Å². The summed E-state index contributed by atoms with van der Waals surface area (Å²) in [4.78, 5) is 9.54. The molecule has 1 aromatic carbocycles. The summed E-state index contributed by atoms with van der Waals surface area (Å²) in [6.45, 7) is 5.29. The summed E-state index contributed by atoms with van der Waals surface area (Å²) in [5.41, 5.74) is 8.51. The van der Waals surface area contributed by atoms with Crippen LogP contribution in [0.1, 0.15) is 18.4 Å². The lowest BCUT2D eigenvalue weighted by Crippen LogP contribution is -2.47. The first-order valence-corrected chi connectivity index (χ1v) is 8.41. The second-order valence-corrected chi connectivity index (χ2v) is 6.48. The number of rotatable bonds is 3. The van der Waals surface area contributed by atoms with Gasteiger partial charge in [0.25, 0.3) is 0 Å². The predicted octanol–water partition coefficient (Wildman–Crippen LogP) is 2.02. The Morgan fingerprint density at radius 1 is 1.14 bits per heavy atom. The van der Waals surface area contributed by atoms with Crippen LogP contribution in [0.5, 0.6) is 0 Å². The van der Waals surface area contributed by atoms with Crippen LogP contribution in [0.15, 0.2) is 30.6 Å². The Morgan fingerprint density at radius 2 is 2.00 bits per heavy atom. The Labute approximate surface area is 131 Å². The molecule has 0 amide bonds. The summed E-state index contributed by atoms with van der Waals surface area (Å²) in [5.74, 6) is 0. The zero-order valence-corrected chi connectivity index (χ0v) is 13.0. The smallest absolute Gasteiger partial charge is 0.0452 e. The number of hydrogen-bond donors (Lipinski definition) is 1. The van der Waals surface area contributed by atoms with Crippen molar-refractivity contribution in [3.8, 4) is 0 Å². The fourth-order valence-corrected chi connectivity index (χ4v) is 4.09. The molecule has 1 aromatic heterocycles. The Balaban J connectivity index is 1.61. The van der Waals surface area contributed by atoms with E-state index in [4.69, 9.17) is 5.73 Å². The number of nitrogens with zero attached hydrogens (tertiary/aromatic N) is 3. The van der Waals surface area contributed by atoms with Crippen molar-refractivity contribution in [3.63, 3.8) is 0 Å². The molecule has 2 aliphatic heterocycles. The topological polar surface area (TPSA) is 45.4 Å². The van der Waals surface area contributed by atoms with Gasteiger partial charge in [-0.2, -0.15) is 0 Å². The lowest BCUT2D eigenvalue weighted by Gasteiger charge is -2.42. The van der Waals surface area contributed by atoms with Gasteiger partial charge < -0.3 is 15.5 Å². The van der Waals surface area contributed by atoms with Crippen molar-refractivity contribution in [2.75, 3.05) is 37.6 Å². The first-order chi connectivity index (χ1) is 10.9. The van der Waals surface area contributed by atoms with E-state index in [1.807, 2.05) is 12.4 Å². The maximum Gasteiger partial charge on any atom is 0.0452 e. The molecule has 0 unspecified atom stereocenters. The number of benzene rings is 1. The van der Waals surface area contributed by atoms with Crippen LogP contribution in [-0.2, 0) is 6.42 Å². The van der Waals surface area contributed by atoms with Crippen LogP contribution in [0.2, 0.25) is 0 Å². The minimum Gasteiger partial charge on any atom is -0.368 e. The number of hydrogen-bond acceptors (Lipinski definition) is 4. The molecule has 3 heterocycles. The highest BCUT2D eigenvalue weighted by atomic mass is 15.2. The molecule has 4 rings (SSSR count). The van der Waals surface area contributed by atoms with E-state index < -0.39 is 0 Å². The predicted molar refractivity (Wildman–Crippen MR) is 91.3 cm³/mol. The van der Waals surface area contributed by atoms with Crippen molar-refractivity contribution in [3.05, 3.63) is 36.2 Å². The van der Waals surface area contributed by atoms with Gasteiger partial charge in [0.2, 0.25) is 0 Å². The molecule has 2 N–H and O–H groups in total. The van der Waals surface area contributed by atoms with E-state index in [1.165, 1.54) is 48.0 Å². The molecule has 0 bridgehead atoms. The Morgan fingerprint density at radius 3 is 2.82 bits per heavy atom. The van der Waals surface area contributed by atoms with E-state index >= 15 is 0 Å². The quantitative estimate of drug-likeness (QED) is 0.941. The largest absolute Gasteiger partial charge is 0.368 e. The van der Waals surface area contributed by atoms with E-state index in [0.717, 1.165) is 26.1 Å². The third kappa shape index (κ3) is 2.36. The van der Waals surface area contributed by atoms with E-state index in [2.05, 4.69) is 33.0 Å². The lowest BCUT2D eigenvalue weighted by molar-refractivity contribution is 0.214. The molecule has 2 aromatic rings. The number of pyridine rings is 1. The summed E-state index contributed by atoms with van der Waals surface area (Å²) in [6.07, 6.45) is 7.65. The summed E-state index contributed by atoms with van der Waals surface area (Å²) >= 11 is 0. The maximum atomic E-state index is 5.68. The number of aromatic nitrogens is 1. The van der Waals surface area contributed by atoms with Crippen LogP contribution >= 0.6 is 0 Å². The molecule has 116 valence electrons. The van der Waals surface area contributed by atoms with Crippen molar-refractivity contribution < 1.29 is 0 Å². The highest BCUT2D eigenvalue weighted by molar-refractivity contribution is 5.97. The Kier molecular flexibility index (Phi) is 3.72. The number of piperidine rings is 1. The summed E-state index contributed by atoms with van der Waals surface area (Å²) < 4.78 is 0. The highest BCUT2D eigenvalue weighted by Crippen LogP contribution is 2.36. The molecule has 0 spiro atoms. The van der Waals surface area contributed by atoms with Gasteiger partial charge in [0.05, 0.1) is 0 Å². The lowest BCUT2D eigenvalue weighted by atomic mass is 9.94. The van der Waals surface area contributed by atoms with E-state index in [-0.39, 0.29) is 0 Å². The van der Waals surface area contributed by atoms with Crippen molar-refractivity contribution in [1.82, 2.24) is 9.88 Å². The second kappa shape index (κ2) is 5.86. The van der Waals surface area contributed by atoms with E-state index in [9.17, 15) is 0 Å². The van der Waals surface area contributed by atoms with Gasteiger partial charge in [-0.05, 0) is 30.9 Å². The molecule has 4 nitrogen and oxygen atoms in total. The molecule has 1 saturated heterocycles. The van der Waals surface area contributed by atoms with Gasteiger partial charge in [-0.25, -0.2) is 0 Å². The molecular weight excluding hydrogens is 272 g/mol. The average Bonchev–Trinajstić information content (AvgIpc) is 2.57. The maximum absolute atomic E-state index is 5.68. The number of likely N-dealkylation sites (tertiary alicyclic amines) is 1. The molecule has 0 radical (unpaired) electrons. The van der Waals surface area contributed by atoms with Gasteiger partial charge in [-0.1, -0.05) is 12.1 Å². The van der Waals surface area contributed by atoms with Crippen molar-refractivity contribution in [1.29, 1.82) is 0 Å². The standard InChI is InChI=1S/C18H24N4/c19-7-11-21-8-5-16(6-9-21)22-10-4-15-13-20-12-14-2-1-3-17(22)18(14)15/h1-3,12-13,16H,4-11,19H2. The molecule has 1 fully saturated rings. The molecule has 22 heavy (non-hydrogen) atoms. The van der Waals surface area contributed by atoms with Crippen LogP contribution in [0.25, 0.3) is 10.8 Å². The first-order valence-electron chi connectivity index (χ1n) is 8.41. The normalized spacial score (nSPS) is 19.8. The molecule has 4 heteroatoms. The van der Waals surface area contributed by atoms with Gasteiger partial charge in [0.15, 0.2) is 0 Å². The highest BCUT2D eigenvalue weighted by Gasteiger charge is 2.28. The minimum atomic E-state index is 0.668. The molecule has 0 saturated carbocycles. The number of nitrogens with two attached hydrogens (primary N) is 1. The third-order valence-electron chi connectivity index (χ3n) is 5.21. The summed E-state index contributed by atoms with van der Waals surface area (Å²) in [6, 6.07) is 7.31. The van der Waals surface area contributed by atoms with Crippen LogP contribution < -0.4 is 10.6 Å². The van der Waals surface area contributed by atoms with Gasteiger partial charge in [0.1, 0.15) is 0 Å². The number of anilines is 1. The van der Waals surface area contributed by atoms with Gasteiger partial charge in [-0.15, -0.1) is 0 Å². The SMILES string of the molecule is NCCN1CCC(N2CCc3cncc4cccc2c34)CC1. The van der Waals surface area contributed by atoms with Crippen molar-refractivity contribution in [2.45, 2.75) is 25.3 Å². The fraction of sp³-hybridized carbons (Fsp3) is 0.500. The van der Waals surface area contributed by atoms with Crippen LogP contribution in [0.3, 0.4) is 0 Å². The van der Waals surface area contributed by atoms with Crippen molar-refractivity contribution in [2.24, 2.45) is 5.73 Å². The Hall–Kier alpha value is -1.65. The molecule has 2 aliphatic rings. The first kappa shape index (κ1) is 14.0. The zero-order chi connectivity index (χ0) is 14.9. The van der Waals surface area contributed by atoms with Gasteiger partial charge >= 0.3 is 0 Å². The minimum absolute atomic E-state index is 0.668. The van der Waals surface area contributed by atoms with E-state index in [0.29, 0.717) is 6.04 Å². The van der Waals surface area contributed by atoms with Crippen LogP contribution in [-0.4, -0.2) is 48.6 Å². The molecule has 0 atom stereocenters. The third-order valence-corrected chi connectivity index (χ3v) is 5.21. The summed E-state index contributed by atoms with van der Waals surface area (Å²) in [5, 5.41) is 2.70. The Bertz CT molecular complexity index is 656. The fourth-order valence-electron chi connectivity index (χ4n) is 4.09. The zero-order valence-electron chi connectivity index (χ0n) is 13.0.